The second-order valence-corrected chi connectivity index (χ2v) is 16.4. The maximum Gasteiger partial charge on any atom is 0.306 e. The molecule has 0 bridgehead atoms. The Balaban J connectivity index is 4.32. The predicted octanol–water partition coefficient (Wildman–Crippen LogP) is 14.2. The summed E-state index contributed by atoms with van der Waals surface area (Å²) in [5.74, 6) is 0.743. The smallest absolute Gasteiger partial charge is 0.306 e. The van der Waals surface area contributed by atoms with Gasteiger partial charge in [0.1, 0.15) is 13.2 Å². The molecule has 0 N–H and O–H groups in total. The molecule has 0 aliphatic carbocycles. The van der Waals surface area contributed by atoms with Gasteiger partial charge in [-0.2, -0.15) is 0 Å². The average molecular weight is 737 g/mol. The molecule has 0 aliphatic heterocycles. The Kier molecular flexibility index (Phi) is 37.9. The van der Waals surface area contributed by atoms with E-state index in [1.807, 2.05) is 0 Å². The Morgan fingerprint density at radius 1 is 0.404 bits per heavy atom. The van der Waals surface area contributed by atoms with E-state index < -0.39 is 6.10 Å². The fourth-order valence-corrected chi connectivity index (χ4v) is 6.72. The van der Waals surface area contributed by atoms with E-state index in [4.69, 9.17) is 14.2 Å². The van der Waals surface area contributed by atoms with Crippen LogP contribution in [0.5, 0.6) is 0 Å². The Morgan fingerprint density at radius 3 is 1.10 bits per heavy atom. The molecule has 6 nitrogen and oxygen atoms in total. The minimum atomic E-state index is -0.761. The van der Waals surface area contributed by atoms with Gasteiger partial charge in [0.2, 0.25) is 0 Å². The van der Waals surface area contributed by atoms with Crippen molar-refractivity contribution in [1.82, 2.24) is 0 Å². The molecule has 0 heterocycles. The van der Waals surface area contributed by atoms with Gasteiger partial charge in [0.15, 0.2) is 6.10 Å². The van der Waals surface area contributed by atoms with Gasteiger partial charge in [-0.25, -0.2) is 0 Å². The summed E-state index contributed by atoms with van der Waals surface area (Å²) in [7, 11) is 0. The van der Waals surface area contributed by atoms with E-state index in [0.717, 1.165) is 69.6 Å². The summed E-state index contributed by atoms with van der Waals surface area (Å²) >= 11 is 0. The van der Waals surface area contributed by atoms with Gasteiger partial charge < -0.3 is 14.2 Å². The van der Waals surface area contributed by atoms with Crippen LogP contribution in [0, 0.1) is 11.8 Å². The predicted molar refractivity (Wildman–Crippen MR) is 220 cm³/mol. The lowest BCUT2D eigenvalue weighted by Crippen LogP contribution is -2.30. The minimum absolute atomic E-state index is 0.0660. The van der Waals surface area contributed by atoms with Crippen LogP contribution in [0.2, 0.25) is 0 Å². The van der Waals surface area contributed by atoms with E-state index in [0.29, 0.717) is 19.3 Å². The van der Waals surface area contributed by atoms with Crippen LogP contribution in [0.25, 0.3) is 0 Å². The highest BCUT2D eigenvalue weighted by molar-refractivity contribution is 5.71. The molecule has 1 unspecified atom stereocenters. The first-order valence-corrected chi connectivity index (χ1v) is 22.8. The molecule has 0 aromatic heterocycles. The van der Waals surface area contributed by atoms with Crippen molar-refractivity contribution < 1.29 is 28.6 Å². The van der Waals surface area contributed by atoms with Crippen LogP contribution in [0.1, 0.15) is 247 Å². The summed E-state index contributed by atoms with van der Waals surface area (Å²) < 4.78 is 16.7. The van der Waals surface area contributed by atoms with E-state index in [1.54, 1.807) is 0 Å². The molecule has 0 spiro atoms. The van der Waals surface area contributed by atoms with Crippen molar-refractivity contribution in [2.24, 2.45) is 11.8 Å². The first-order chi connectivity index (χ1) is 25.3. The van der Waals surface area contributed by atoms with Crippen molar-refractivity contribution in [3.8, 4) is 0 Å². The standard InChI is InChI=1S/C46H88O6/c1-6-8-9-10-11-12-13-14-15-16-20-26-31-36-44(47)50-39-43(52-46(49)38-33-28-23-22-24-29-34-41(3)4)40-51-45(48)37-32-27-21-18-17-19-25-30-35-42(5)7-2/h41-43H,6-40H2,1-5H3/t42?,43-/m1/s1. The Labute approximate surface area is 323 Å². The van der Waals surface area contributed by atoms with Crippen molar-refractivity contribution >= 4 is 17.9 Å². The number of carbonyl (C=O) groups excluding carboxylic acids is 3. The van der Waals surface area contributed by atoms with Crippen molar-refractivity contribution in [2.75, 3.05) is 13.2 Å². The molecular weight excluding hydrogens is 648 g/mol. The van der Waals surface area contributed by atoms with Crippen LogP contribution in [-0.2, 0) is 28.6 Å². The van der Waals surface area contributed by atoms with Crippen LogP contribution >= 0.6 is 0 Å². The van der Waals surface area contributed by atoms with Crippen molar-refractivity contribution in [1.29, 1.82) is 0 Å². The van der Waals surface area contributed by atoms with Gasteiger partial charge in [0.05, 0.1) is 0 Å². The molecule has 0 aromatic rings. The number of hydrogen-bond acceptors (Lipinski definition) is 6. The molecule has 0 amide bonds. The number of hydrogen-bond donors (Lipinski definition) is 0. The van der Waals surface area contributed by atoms with Crippen molar-refractivity contribution in [3.05, 3.63) is 0 Å². The molecule has 0 saturated heterocycles. The van der Waals surface area contributed by atoms with Crippen LogP contribution in [0.4, 0.5) is 0 Å². The number of ether oxygens (including phenoxy) is 3. The molecule has 52 heavy (non-hydrogen) atoms. The number of unbranched alkanes of at least 4 members (excludes halogenated alkanes) is 24. The van der Waals surface area contributed by atoms with Gasteiger partial charge in [-0.15, -0.1) is 0 Å². The van der Waals surface area contributed by atoms with Gasteiger partial charge in [-0.1, -0.05) is 208 Å². The lowest BCUT2D eigenvalue weighted by molar-refractivity contribution is -0.167. The van der Waals surface area contributed by atoms with Crippen LogP contribution in [0.15, 0.2) is 0 Å². The Morgan fingerprint density at radius 2 is 0.731 bits per heavy atom. The van der Waals surface area contributed by atoms with Crippen LogP contribution in [-0.4, -0.2) is 37.2 Å². The van der Waals surface area contributed by atoms with E-state index in [2.05, 4.69) is 34.6 Å². The maximum absolute atomic E-state index is 12.7. The molecule has 0 radical (unpaired) electrons. The molecule has 308 valence electrons. The van der Waals surface area contributed by atoms with Crippen LogP contribution in [0.3, 0.4) is 0 Å². The summed E-state index contributed by atoms with van der Waals surface area (Å²) in [4.78, 5) is 37.7. The Bertz CT molecular complexity index is 796. The second kappa shape index (κ2) is 39.1. The molecule has 0 saturated carbocycles. The largest absolute Gasteiger partial charge is 0.462 e. The zero-order valence-corrected chi connectivity index (χ0v) is 35.4. The summed E-state index contributed by atoms with van der Waals surface area (Å²) in [5, 5.41) is 0. The lowest BCUT2D eigenvalue weighted by Gasteiger charge is -2.18. The summed E-state index contributed by atoms with van der Waals surface area (Å²) in [6.07, 6.45) is 36.6. The normalized spacial score (nSPS) is 12.6. The number of esters is 3. The first-order valence-electron chi connectivity index (χ1n) is 22.8. The summed E-state index contributed by atoms with van der Waals surface area (Å²) in [6.45, 7) is 11.3. The lowest BCUT2D eigenvalue weighted by atomic mass is 9.99. The third-order valence-electron chi connectivity index (χ3n) is 10.6. The number of rotatable bonds is 40. The molecule has 6 heteroatoms. The molecule has 0 fully saturated rings. The second-order valence-electron chi connectivity index (χ2n) is 16.4. The highest BCUT2D eigenvalue weighted by Gasteiger charge is 2.19. The van der Waals surface area contributed by atoms with Gasteiger partial charge >= 0.3 is 17.9 Å². The number of carbonyl (C=O) groups is 3. The topological polar surface area (TPSA) is 78.9 Å². The fraction of sp³-hybridized carbons (Fsp3) is 0.935. The Hall–Kier alpha value is -1.59. The quantitative estimate of drug-likeness (QED) is 0.0354. The highest BCUT2D eigenvalue weighted by atomic mass is 16.6. The van der Waals surface area contributed by atoms with Gasteiger partial charge in [0.25, 0.3) is 0 Å². The molecule has 0 rings (SSSR count). The summed E-state index contributed by atoms with van der Waals surface area (Å²) in [5.41, 5.74) is 0. The zero-order chi connectivity index (χ0) is 38.3. The van der Waals surface area contributed by atoms with E-state index in [1.165, 1.54) is 135 Å². The molecule has 0 aliphatic rings. The maximum atomic E-state index is 12.7. The van der Waals surface area contributed by atoms with E-state index >= 15 is 0 Å². The monoisotopic (exact) mass is 737 g/mol. The molecule has 0 aromatic carbocycles. The van der Waals surface area contributed by atoms with E-state index in [-0.39, 0.29) is 31.1 Å². The van der Waals surface area contributed by atoms with Gasteiger partial charge in [0, 0.05) is 19.3 Å². The average Bonchev–Trinajstić information content (AvgIpc) is 3.12. The van der Waals surface area contributed by atoms with Crippen molar-refractivity contribution in [2.45, 2.75) is 253 Å². The first kappa shape index (κ1) is 50.4. The minimum Gasteiger partial charge on any atom is -0.462 e. The molecule has 2 atom stereocenters. The third-order valence-corrected chi connectivity index (χ3v) is 10.6. The highest BCUT2D eigenvalue weighted by Crippen LogP contribution is 2.17. The van der Waals surface area contributed by atoms with E-state index in [9.17, 15) is 14.4 Å². The zero-order valence-electron chi connectivity index (χ0n) is 35.4. The van der Waals surface area contributed by atoms with Gasteiger partial charge in [-0.05, 0) is 31.1 Å². The summed E-state index contributed by atoms with van der Waals surface area (Å²) in [6, 6.07) is 0. The SMILES string of the molecule is CCCCCCCCCCCCCCCC(=O)OC[C@H](COC(=O)CCCCCCCCCCC(C)CC)OC(=O)CCCCCCCCC(C)C. The van der Waals surface area contributed by atoms with Crippen LogP contribution < -0.4 is 0 Å². The third kappa shape index (κ3) is 38.1. The molecular formula is C46H88O6. The van der Waals surface area contributed by atoms with Crippen molar-refractivity contribution in [3.63, 3.8) is 0 Å². The fourth-order valence-electron chi connectivity index (χ4n) is 6.72. The van der Waals surface area contributed by atoms with Gasteiger partial charge in [-0.3, -0.25) is 14.4 Å².